The number of furan rings is 1. The van der Waals surface area contributed by atoms with Crippen molar-refractivity contribution < 1.29 is 47.1 Å². The minimum absolute atomic E-state index is 0.0549. The van der Waals surface area contributed by atoms with E-state index in [1.807, 2.05) is 0 Å². The van der Waals surface area contributed by atoms with Crippen LogP contribution in [-0.2, 0) is 11.2 Å². The third-order valence-electron chi connectivity index (χ3n) is 6.89. The van der Waals surface area contributed by atoms with Crippen LogP contribution < -0.4 is 9.47 Å². The molecular weight excluding hydrogens is 565 g/mol. The van der Waals surface area contributed by atoms with Crippen LogP contribution in [0.25, 0.3) is 22.3 Å². The predicted octanol–water partition coefficient (Wildman–Crippen LogP) is 7.28. The van der Waals surface area contributed by atoms with Gasteiger partial charge in [-0.25, -0.2) is 0 Å². The molecule has 0 spiro atoms. The molecule has 0 aliphatic rings. The normalized spacial score (nSPS) is 15.0. The van der Waals surface area contributed by atoms with Crippen LogP contribution in [0.15, 0.2) is 46.9 Å². The van der Waals surface area contributed by atoms with E-state index in [1.165, 1.54) is 12.1 Å². The highest BCUT2D eigenvalue weighted by Gasteiger charge is 2.33. The minimum Gasteiger partial charge on any atom is -0.491 e. The summed E-state index contributed by atoms with van der Waals surface area (Å²) in [5.41, 5.74) is 1.07. The highest BCUT2D eigenvalue weighted by atomic mass is 19.4. The average Bonchev–Trinajstić information content (AvgIpc) is 3.29. The van der Waals surface area contributed by atoms with Gasteiger partial charge in [0.1, 0.15) is 29.4 Å². The molecule has 10 heteroatoms. The van der Waals surface area contributed by atoms with Gasteiger partial charge < -0.3 is 33.9 Å². The molecule has 0 fully saturated rings. The second-order valence-corrected chi connectivity index (χ2v) is 13.3. The first-order chi connectivity index (χ1) is 19.9. The molecule has 0 saturated carbocycles. The van der Waals surface area contributed by atoms with Gasteiger partial charge in [0.2, 0.25) is 0 Å². The number of rotatable bonds is 14. The number of aliphatic hydroxyl groups excluding tert-OH is 3. The smallest absolute Gasteiger partial charge is 0.491 e. The van der Waals surface area contributed by atoms with Gasteiger partial charge in [0, 0.05) is 24.5 Å². The van der Waals surface area contributed by atoms with Gasteiger partial charge in [-0.3, -0.25) is 0 Å². The zero-order valence-electron chi connectivity index (χ0n) is 25.8. The first kappa shape index (κ1) is 34.7. The maximum absolute atomic E-state index is 13.1. The van der Waals surface area contributed by atoms with Gasteiger partial charge in [0.25, 0.3) is 0 Å². The van der Waals surface area contributed by atoms with Crippen molar-refractivity contribution in [1.29, 1.82) is 0 Å². The van der Waals surface area contributed by atoms with E-state index in [2.05, 4.69) is 46.3 Å². The van der Waals surface area contributed by atoms with Gasteiger partial charge in [-0.15, -0.1) is 13.2 Å². The van der Waals surface area contributed by atoms with Gasteiger partial charge in [-0.1, -0.05) is 47.6 Å². The topological polar surface area (TPSA) is 102 Å². The molecule has 0 aliphatic carbocycles. The van der Waals surface area contributed by atoms with Crippen LogP contribution in [-0.4, -0.2) is 59.8 Å². The van der Waals surface area contributed by atoms with Crippen molar-refractivity contribution in [3.8, 4) is 22.8 Å². The summed E-state index contributed by atoms with van der Waals surface area (Å²) in [6, 6.07) is 11.0. The van der Waals surface area contributed by atoms with Gasteiger partial charge in [0.15, 0.2) is 0 Å². The predicted molar refractivity (Wildman–Crippen MR) is 159 cm³/mol. The van der Waals surface area contributed by atoms with Gasteiger partial charge in [-0.2, -0.15) is 0 Å². The zero-order chi connectivity index (χ0) is 32.0. The van der Waals surface area contributed by atoms with Gasteiger partial charge in [0.05, 0.1) is 30.5 Å². The summed E-state index contributed by atoms with van der Waals surface area (Å²) in [4.78, 5) is 0. The summed E-state index contributed by atoms with van der Waals surface area (Å²) in [5, 5.41) is 30.7. The third-order valence-corrected chi connectivity index (χ3v) is 6.89. The molecule has 43 heavy (non-hydrogen) atoms. The Morgan fingerprint density at radius 2 is 1.58 bits per heavy atom. The lowest BCUT2D eigenvalue weighted by Crippen LogP contribution is -2.36. The summed E-state index contributed by atoms with van der Waals surface area (Å²) in [6.45, 7) is 12.7. The van der Waals surface area contributed by atoms with Gasteiger partial charge >= 0.3 is 6.36 Å². The van der Waals surface area contributed by atoms with Crippen LogP contribution in [0.4, 0.5) is 13.2 Å². The van der Waals surface area contributed by atoms with Gasteiger partial charge in [-0.05, 0) is 66.0 Å². The Balaban J connectivity index is 1.64. The van der Waals surface area contributed by atoms with Crippen LogP contribution in [0.2, 0.25) is 0 Å². The molecule has 7 nitrogen and oxygen atoms in total. The first-order valence-corrected chi connectivity index (χ1v) is 14.6. The molecule has 0 amide bonds. The fourth-order valence-electron chi connectivity index (χ4n) is 4.69. The SMILES string of the molecule is CC(C)(C)CC(OCC(O)CC(O)COc1ccc2cc(-c3ccc(CCCO)cc3OC(F)(F)F)oc2c1)C(C)(C)C. The summed E-state index contributed by atoms with van der Waals surface area (Å²) >= 11 is 0. The highest BCUT2D eigenvalue weighted by Crippen LogP contribution is 2.38. The monoisotopic (exact) mass is 610 g/mol. The number of hydrogen-bond donors (Lipinski definition) is 3. The summed E-state index contributed by atoms with van der Waals surface area (Å²) in [5.74, 6) is 0.182. The molecule has 3 unspecified atom stereocenters. The lowest BCUT2D eigenvalue weighted by Gasteiger charge is -2.36. The van der Waals surface area contributed by atoms with Crippen molar-refractivity contribution in [2.24, 2.45) is 10.8 Å². The van der Waals surface area contributed by atoms with Crippen LogP contribution in [0, 0.1) is 10.8 Å². The first-order valence-electron chi connectivity index (χ1n) is 14.6. The van der Waals surface area contributed by atoms with E-state index in [0.29, 0.717) is 35.1 Å². The Morgan fingerprint density at radius 1 is 0.884 bits per heavy atom. The molecular formula is C33H45F3O7. The van der Waals surface area contributed by atoms with E-state index in [1.54, 1.807) is 30.3 Å². The number of benzene rings is 2. The molecule has 0 radical (unpaired) electrons. The lowest BCUT2D eigenvalue weighted by molar-refractivity contribution is -0.274. The molecule has 1 heterocycles. The zero-order valence-corrected chi connectivity index (χ0v) is 25.8. The van der Waals surface area contributed by atoms with Crippen molar-refractivity contribution in [1.82, 2.24) is 0 Å². The average molecular weight is 611 g/mol. The Bertz CT molecular complexity index is 1300. The molecule has 240 valence electrons. The maximum atomic E-state index is 13.1. The summed E-state index contributed by atoms with van der Waals surface area (Å²) in [6.07, 6.45) is -5.07. The van der Waals surface area contributed by atoms with Crippen molar-refractivity contribution in [3.63, 3.8) is 0 Å². The number of fused-ring (bicyclic) bond motifs is 1. The van der Waals surface area contributed by atoms with E-state index in [0.717, 1.165) is 6.42 Å². The largest absolute Gasteiger partial charge is 0.573 e. The van der Waals surface area contributed by atoms with E-state index >= 15 is 0 Å². The van der Waals surface area contributed by atoms with Crippen LogP contribution >= 0.6 is 0 Å². The summed E-state index contributed by atoms with van der Waals surface area (Å²) in [7, 11) is 0. The Morgan fingerprint density at radius 3 is 2.21 bits per heavy atom. The molecule has 3 rings (SSSR count). The highest BCUT2D eigenvalue weighted by molar-refractivity contribution is 5.85. The number of hydrogen-bond acceptors (Lipinski definition) is 7. The van der Waals surface area contributed by atoms with Crippen LogP contribution in [0.5, 0.6) is 11.5 Å². The van der Waals surface area contributed by atoms with Crippen molar-refractivity contribution in [2.45, 2.75) is 91.9 Å². The second-order valence-electron chi connectivity index (χ2n) is 13.3. The van der Waals surface area contributed by atoms with Crippen LogP contribution in [0.1, 0.15) is 66.4 Å². The second kappa shape index (κ2) is 14.3. The van der Waals surface area contributed by atoms with E-state index < -0.39 is 24.3 Å². The number of ether oxygens (including phenoxy) is 3. The molecule has 3 aromatic rings. The minimum atomic E-state index is -4.89. The number of halogens is 3. The third kappa shape index (κ3) is 11.3. The standard InChI is InChI=1S/C33H45F3O7/c1-31(2,3)18-30(32(4,5)6)41-20-24(39)16-23(38)19-40-25-11-10-22-15-28(42-27(22)17-25)26-12-9-21(8-7-13-37)14-29(26)43-33(34,35)36/h9-12,14-15,17,23-24,30,37-39H,7-8,13,16,18-20H2,1-6H3. The van der Waals surface area contributed by atoms with E-state index in [4.69, 9.17) is 19.0 Å². The fraction of sp³-hybridized carbons (Fsp3) is 0.576. The number of aliphatic hydroxyl groups is 3. The number of aryl methyl sites for hydroxylation is 1. The molecule has 3 N–H and O–H groups in total. The van der Waals surface area contributed by atoms with Crippen molar-refractivity contribution in [3.05, 3.63) is 48.0 Å². The molecule has 0 saturated heterocycles. The van der Waals surface area contributed by atoms with Crippen molar-refractivity contribution >= 4 is 11.0 Å². The quantitative estimate of drug-likeness (QED) is 0.176. The molecule has 0 aliphatic heterocycles. The molecule has 0 bridgehead atoms. The number of alkyl halides is 3. The Kier molecular flexibility index (Phi) is 11.6. The van der Waals surface area contributed by atoms with E-state index in [-0.39, 0.29) is 54.5 Å². The molecule has 1 aromatic heterocycles. The fourth-order valence-corrected chi connectivity index (χ4v) is 4.69. The Labute approximate surface area is 251 Å². The van der Waals surface area contributed by atoms with Crippen LogP contribution in [0.3, 0.4) is 0 Å². The molecule has 2 aromatic carbocycles. The van der Waals surface area contributed by atoms with Crippen molar-refractivity contribution in [2.75, 3.05) is 19.8 Å². The molecule has 3 atom stereocenters. The summed E-state index contributed by atoms with van der Waals surface area (Å²) < 4.78 is 61.4. The maximum Gasteiger partial charge on any atom is 0.573 e. The Hall–Kier alpha value is -2.79. The lowest BCUT2D eigenvalue weighted by atomic mass is 9.78. The van der Waals surface area contributed by atoms with E-state index in [9.17, 15) is 23.4 Å².